The maximum absolute atomic E-state index is 8.65. The SMILES string of the molecule is Cc1nccn1CCCC(C)(C)C(N)=NO. The van der Waals surface area contributed by atoms with Gasteiger partial charge in [0.05, 0.1) is 0 Å². The molecule has 0 aromatic carbocycles. The summed E-state index contributed by atoms with van der Waals surface area (Å²) in [6.07, 6.45) is 5.61. The van der Waals surface area contributed by atoms with Crippen LogP contribution < -0.4 is 5.73 Å². The summed E-state index contributed by atoms with van der Waals surface area (Å²) in [5.41, 5.74) is 5.36. The van der Waals surface area contributed by atoms with E-state index < -0.39 is 0 Å². The van der Waals surface area contributed by atoms with Crippen LogP contribution in [0.2, 0.25) is 0 Å². The minimum absolute atomic E-state index is 0.261. The molecule has 90 valence electrons. The second kappa shape index (κ2) is 5.01. The maximum Gasteiger partial charge on any atom is 0.144 e. The number of oxime groups is 1. The highest BCUT2D eigenvalue weighted by atomic mass is 16.4. The number of aromatic nitrogens is 2. The summed E-state index contributed by atoms with van der Waals surface area (Å²) < 4.78 is 2.10. The van der Waals surface area contributed by atoms with Crippen molar-refractivity contribution in [1.82, 2.24) is 9.55 Å². The zero-order valence-corrected chi connectivity index (χ0v) is 10.1. The molecule has 0 aliphatic rings. The predicted octanol–water partition coefficient (Wildman–Crippen LogP) is 1.74. The molecule has 0 fully saturated rings. The molecule has 0 saturated carbocycles. The molecular formula is C11H20N4O. The molecule has 0 aliphatic carbocycles. The van der Waals surface area contributed by atoms with Gasteiger partial charge in [-0.15, -0.1) is 0 Å². The van der Waals surface area contributed by atoms with Crippen molar-refractivity contribution >= 4 is 5.84 Å². The lowest BCUT2D eigenvalue weighted by atomic mass is 9.86. The van der Waals surface area contributed by atoms with Crippen molar-refractivity contribution in [3.63, 3.8) is 0 Å². The van der Waals surface area contributed by atoms with E-state index in [2.05, 4.69) is 14.7 Å². The van der Waals surface area contributed by atoms with Crippen LogP contribution >= 0.6 is 0 Å². The highest BCUT2D eigenvalue weighted by molar-refractivity contribution is 5.85. The second-order valence-corrected chi connectivity index (χ2v) is 4.64. The lowest BCUT2D eigenvalue weighted by molar-refractivity contribution is 0.303. The molecule has 1 heterocycles. The molecule has 1 aromatic rings. The van der Waals surface area contributed by atoms with Crippen molar-refractivity contribution in [2.75, 3.05) is 0 Å². The normalized spacial score (nSPS) is 13.1. The van der Waals surface area contributed by atoms with Crippen molar-refractivity contribution < 1.29 is 5.21 Å². The summed E-state index contributed by atoms with van der Waals surface area (Å²) in [7, 11) is 0. The molecule has 5 nitrogen and oxygen atoms in total. The molecule has 16 heavy (non-hydrogen) atoms. The topological polar surface area (TPSA) is 76.4 Å². The van der Waals surface area contributed by atoms with E-state index in [0.717, 1.165) is 25.2 Å². The molecule has 0 unspecified atom stereocenters. The predicted molar refractivity (Wildman–Crippen MR) is 63.4 cm³/mol. The Kier molecular flexibility index (Phi) is 3.93. The molecule has 1 aromatic heterocycles. The summed E-state index contributed by atoms with van der Waals surface area (Å²) in [6.45, 7) is 6.84. The zero-order valence-electron chi connectivity index (χ0n) is 10.1. The van der Waals surface area contributed by atoms with Gasteiger partial charge < -0.3 is 15.5 Å². The van der Waals surface area contributed by atoms with Crippen LogP contribution in [0.3, 0.4) is 0 Å². The lowest BCUT2D eigenvalue weighted by Crippen LogP contribution is -2.32. The van der Waals surface area contributed by atoms with Crippen LogP contribution in [0.25, 0.3) is 0 Å². The van der Waals surface area contributed by atoms with Crippen LogP contribution in [-0.4, -0.2) is 20.6 Å². The second-order valence-electron chi connectivity index (χ2n) is 4.64. The van der Waals surface area contributed by atoms with Crippen molar-refractivity contribution in [2.45, 2.75) is 40.2 Å². The highest BCUT2D eigenvalue weighted by Crippen LogP contribution is 2.22. The van der Waals surface area contributed by atoms with E-state index in [0.29, 0.717) is 0 Å². The van der Waals surface area contributed by atoms with Crippen LogP contribution in [-0.2, 0) is 6.54 Å². The zero-order chi connectivity index (χ0) is 12.2. The fraction of sp³-hybridized carbons (Fsp3) is 0.636. The fourth-order valence-corrected chi connectivity index (χ4v) is 1.59. The van der Waals surface area contributed by atoms with Gasteiger partial charge in [0.1, 0.15) is 11.7 Å². The number of rotatable bonds is 5. The monoisotopic (exact) mass is 224 g/mol. The molecule has 3 N–H and O–H groups in total. The number of nitrogens with two attached hydrogens (primary N) is 1. The van der Waals surface area contributed by atoms with E-state index in [-0.39, 0.29) is 11.3 Å². The molecule has 0 amide bonds. The Hall–Kier alpha value is -1.52. The van der Waals surface area contributed by atoms with Crippen LogP contribution in [0, 0.1) is 12.3 Å². The molecule has 0 radical (unpaired) electrons. The van der Waals surface area contributed by atoms with E-state index in [9.17, 15) is 0 Å². The van der Waals surface area contributed by atoms with Crippen molar-refractivity contribution in [2.24, 2.45) is 16.3 Å². The van der Waals surface area contributed by atoms with Gasteiger partial charge in [0.15, 0.2) is 0 Å². The number of hydrogen-bond acceptors (Lipinski definition) is 3. The maximum atomic E-state index is 8.65. The van der Waals surface area contributed by atoms with E-state index >= 15 is 0 Å². The largest absolute Gasteiger partial charge is 0.409 e. The molecular weight excluding hydrogens is 204 g/mol. The first kappa shape index (κ1) is 12.5. The van der Waals surface area contributed by atoms with Crippen LogP contribution in [0.4, 0.5) is 0 Å². The van der Waals surface area contributed by atoms with Gasteiger partial charge in [0.2, 0.25) is 0 Å². The standard InChI is InChI=1S/C11H20N4O/c1-9-13-6-8-15(9)7-4-5-11(2,3)10(12)14-16/h6,8,16H,4-5,7H2,1-3H3,(H2,12,14). The highest BCUT2D eigenvalue weighted by Gasteiger charge is 2.22. The van der Waals surface area contributed by atoms with E-state index in [1.54, 1.807) is 6.20 Å². The van der Waals surface area contributed by atoms with Gasteiger partial charge in [-0.25, -0.2) is 4.98 Å². The molecule has 1 rings (SSSR count). The Morgan fingerprint density at radius 3 is 2.81 bits per heavy atom. The van der Waals surface area contributed by atoms with Crippen LogP contribution in [0.5, 0.6) is 0 Å². The van der Waals surface area contributed by atoms with E-state index in [1.807, 2.05) is 27.0 Å². The summed E-state index contributed by atoms with van der Waals surface area (Å²) >= 11 is 0. The van der Waals surface area contributed by atoms with Crippen LogP contribution in [0.1, 0.15) is 32.5 Å². The van der Waals surface area contributed by atoms with E-state index in [4.69, 9.17) is 10.9 Å². The first-order chi connectivity index (χ1) is 7.47. The number of amidine groups is 1. The third-order valence-electron chi connectivity index (χ3n) is 2.93. The lowest BCUT2D eigenvalue weighted by Gasteiger charge is -2.22. The van der Waals surface area contributed by atoms with Gasteiger partial charge in [-0.05, 0) is 19.8 Å². The van der Waals surface area contributed by atoms with Gasteiger partial charge in [-0.3, -0.25) is 0 Å². The molecule has 5 heteroatoms. The Morgan fingerprint density at radius 1 is 1.62 bits per heavy atom. The van der Waals surface area contributed by atoms with Gasteiger partial charge in [-0.2, -0.15) is 0 Å². The quantitative estimate of drug-likeness (QED) is 0.346. The van der Waals surface area contributed by atoms with Crippen molar-refractivity contribution in [3.8, 4) is 0 Å². The summed E-state index contributed by atoms with van der Waals surface area (Å²) in [6, 6.07) is 0. The van der Waals surface area contributed by atoms with Gasteiger partial charge >= 0.3 is 0 Å². The summed E-state index contributed by atoms with van der Waals surface area (Å²) in [4.78, 5) is 4.16. The molecule has 0 bridgehead atoms. The van der Waals surface area contributed by atoms with Crippen LogP contribution in [0.15, 0.2) is 17.5 Å². The summed E-state index contributed by atoms with van der Waals surface area (Å²) in [5.74, 6) is 1.30. The Bertz CT molecular complexity index is 368. The van der Waals surface area contributed by atoms with Gasteiger partial charge in [-0.1, -0.05) is 19.0 Å². The first-order valence-corrected chi connectivity index (χ1v) is 5.43. The molecule has 0 spiro atoms. The Morgan fingerprint density at radius 2 is 2.31 bits per heavy atom. The smallest absolute Gasteiger partial charge is 0.144 e. The van der Waals surface area contributed by atoms with Gasteiger partial charge in [0.25, 0.3) is 0 Å². The average Bonchev–Trinajstić information content (AvgIpc) is 2.63. The number of imidazole rings is 1. The Labute approximate surface area is 96.0 Å². The molecule has 0 saturated heterocycles. The minimum atomic E-state index is -0.261. The van der Waals surface area contributed by atoms with Crippen molar-refractivity contribution in [3.05, 3.63) is 18.2 Å². The molecule has 0 atom stereocenters. The molecule has 0 aliphatic heterocycles. The van der Waals surface area contributed by atoms with Crippen molar-refractivity contribution in [1.29, 1.82) is 0 Å². The van der Waals surface area contributed by atoms with Gasteiger partial charge in [0, 0.05) is 24.4 Å². The number of aryl methyl sites for hydroxylation is 2. The van der Waals surface area contributed by atoms with E-state index in [1.165, 1.54) is 0 Å². The number of nitrogens with zero attached hydrogens (tertiary/aromatic N) is 3. The average molecular weight is 224 g/mol. The first-order valence-electron chi connectivity index (χ1n) is 5.43. The third-order valence-corrected chi connectivity index (χ3v) is 2.93. The number of hydrogen-bond donors (Lipinski definition) is 2. The summed E-state index contributed by atoms with van der Waals surface area (Å²) in [5, 5.41) is 11.7. The Balaban J connectivity index is 2.44. The third kappa shape index (κ3) is 2.98. The fourth-order valence-electron chi connectivity index (χ4n) is 1.59. The minimum Gasteiger partial charge on any atom is -0.409 e.